The fourth-order valence-corrected chi connectivity index (χ4v) is 2.96. The topological polar surface area (TPSA) is 38.5 Å². The quantitative estimate of drug-likeness (QED) is 0.794. The van der Waals surface area contributed by atoms with Crippen LogP contribution in [-0.4, -0.2) is 31.1 Å². The predicted octanol–water partition coefficient (Wildman–Crippen LogP) is 3.70. The largest absolute Gasteiger partial charge is 0.496 e. The molecule has 2 unspecified atom stereocenters. The summed E-state index contributed by atoms with van der Waals surface area (Å²) in [6, 6.07) is 8.48. The number of nitrogens with zero attached hydrogens (tertiary/aromatic N) is 1. The highest BCUT2D eigenvalue weighted by Gasteiger charge is 2.27. The number of hydrogen-bond acceptors (Lipinski definition) is 3. The molecule has 3 nitrogen and oxygen atoms in total. The molecule has 2 atom stereocenters. The molecule has 0 fully saturated rings. The predicted molar refractivity (Wildman–Crippen MR) is 90.6 cm³/mol. The zero-order valence-corrected chi connectivity index (χ0v) is 14.5. The van der Waals surface area contributed by atoms with Crippen LogP contribution in [0.3, 0.4) is 0 Å². The van der Waals surface area contributed by atoms with Crippen LogP contribution in [-0.2, 0) is 0 Å². The zero-order chi connectivity index (χ0) is 16.0. The van der Waals surface area contributed by atoms with Gasteiger partial charge in [-0.05, 0) is 24.8 Å². The maximum absolute atomic E-state index is 6.35. The van der Waals surface area contributed by atoms with Gasteiger partial charge in [0.25, 0.3) is 0 Å². The number of para-hydroxylation sites is 1. The van der Waals surface area contributed by atoms with Gasteiger partial charge in [-0.2, -0.15) is 0 Å². The van der Waals surface area contributed by atoms with Gasteiger partial charge in [-0.25, -0.2) is 0 Å². The van der Waals surface area contributed by atoms with Crippen molar-refractivity contribution in [3.05, 3.63) is 29.8 Å². The van der Waals surface area contributed by atoms with Crippen molar-refractivity contribution in [3.63, 3.8) is 0 Å². The van der Waals surface area contributed by atoms with Crippen LogP contribution in [0.4, 0.5) is 0 Å². The molecule has 120 valence electrons. The van der Waals surface area contributed by atoms with Crippen LogP contribution in [0.1, 0.15) is 46.2 Å². The molecule has 1 aromatic rings. The first kappa shape index (κ1) is 18.0. The maximum atomic E-state index is 6.35. The molecule has 21 heavy (non-hydrogen) atoms. The summed E-state index contributed by atoms with van der Waals surface area (Å²) < 4.78 is 5.55. The van der Waals surface area contributed by atoms with Crippen LogP contribution in [0.2, 0.25) is 0 Å². The Hall–Kier alpha value is -1.06. The maximum Gasteiger partial charge on any atom is 0.123 e. The summed E-state index contributed by atoms with van der Waals surface area (Å²) in [5.74, 6) is 2.15. The van der Waals surface area contributed by atoms with E-state index in [2.05, 4.69) is 51.7 Å². The molecular weight excluding hydrogens is 260 g/mol. The Balaban J connectivity index is 3.17. The molecule has 0 aliphatic heterocycles. The third-order valence-electron chi connectivity index (χ3n) is 3.55. The second-order valence-corrected chi connectivity index (χ2v) is 6.79. The molecule has 0 spiro atoms. The summed E-state index contributed by atoms with van der Waals surface area (Å²) in [7, 11) is 1.73. The van der Waals surface area contributed by atoms with Gasteiger partial charge < -0.3 is 10.5 Å². The summed E-state index contributed by atoms with van der Waals surface area (Å²) in [6.07, 6.45) is 0. The molecule has 0 aliphatic carbocycles. The van der Waals surface area contributed by atoms with Crippen LogP contribution in [0.5, 0.6) is 5.75 Å². The Bertz CT molecular complexity index is 405. The van der Waals surface area contributed by atoms with Gasteiger partial charge in [0, 0.05) is 24.7 Å². The van der Waals surface area contributed by atoms with Gasteiger partial charge in [-0.3, -0.25) is 4.90 Å². The van der Waals surface area contributed by atoms with E-state index < -0.39 is 0 Å². The molecule has 0 saturated heterocycles. The van der Waals surface area contributed by atoms with E-state index in [9.17, 15) is 0 Å². The van der Waals surface area contributed by atoms with E-state index in [1.54, 1.807) is 7.11 Å². The van der Waals surface area contributed by atoms with Gasteiger partial charge in [0.15, 0.2) is 0 Å². The van der Waals surface area contributed by atoms with Crippen molar-refractivity contribution >= 4 is 0 Å². The van der Waals surface area contributed by atoms with Crippen LogP contribution < -0.4 is 10.5 Å². The summed E-state index contributed by atoms with van der Waals surface area (Å²) in [4.78, 5) is 2.51. The molecule has 0 aromatic heterocycles. The van der Waals surface area contributed by atoms with E-state index in [4.69, 9.17) is 10.5 Å². The number of nitrogens with two attached hydrogens (primary N) is 1. The Morgan fingerprint density at radius 1 is 1.00 bits per heavy atom. The molecule has 0 heterocycles. The number of hydrogen-bond donors (Lipinski definition) is 1. The molecule has 3 heteroatoms. The minimum atomic E-state index is 0.0544. The highest BCUT2D eigenvalue weighted by Crippen LogP contribution is 2.32. The summed E-state index contributed by atoms with van der Waals surface area (Å²) in [6.45, 7) is 13.2. The standard InChI is InChI=1S/C18H32N2O/c1-13(2)11-20(12-14(3)4)18(15(5)19)16-9-7-8-10-17(16)21-6/h7-10,13-15,18H,11-12,19H2,1-6H3. The van der Waals surface area contributed by atoms with Crippen LogP contribution in [0.15, 0.2) is 24.3 Å². The van der Waals surface area contributed by atoms with Crippen molar-refractivity contribution in [1.82, 2.24) is 4.90 Å². The monoisotopic (exact) mass is 292 g/mol. The number of benzene rings is 1. The second kappa shape index (κ2) is 8.40. The van der Waals surface area contributed by atoms with Gasteiger partial charge in [0.05, 0.1) is 13.2 Å². The Morgan fingerprint density at radius 3 is 1.95 bits per heavy atom. The van der Waals surface area contributed by atoms with Crippen molar-refractivity contribution in [3.8, 4) is 5.75 Å². The highest BCUT2D eigenvalue weighted by atomic mass is 16.5. The Labute approximate surface area is 130 Å². The van der Waals surface area contributed by atoms with Gasteiger partial charge in [0.2, 0.25) is 0 Å². The molecule has 0 amide bonds. The lowest BCUT2D eigenvalue weighted by atomic mass is 9.96. The van der Waals surface area contributed by atoms with Crippen molar-refractivity contribution in [2.75, 3.05) is 20.2 Å². The highest BCUT2D eigenvalue weighted by molar-refractivity contribution is 5.36. The smallest absolute Gasteiger partial charge is 0.123 e. The summed E-state index contributed by atoms with van der Waals surface area (Å²) in [5.41, 5.74) is 7.54. The molecule has 0 radical (unpaired) electrons. The van der Waals surface area contributed by atoms with Gasteiger partial charge >= 0.3 is 0 Å². The molecule has 0 saturated carbocycles. The molecule has 2 N–H and O–H groups in total. The van der Waals surface area contributed by atoms with Crippen LogP contribution in [0, 0.1) is 11.8 Å². The summed E-state index contributed by atoms with van der Waals surface area (Å²) >= 11 is 0. The minimum Gasteiger partial charge on any atom is -0.496 e. The van der Waals surface area contributed by atoms with E-state index >= 15 is 0 Å². The lowest BCUT2D eigenvalue weighted by Crippen LogP contribution is -2.43. The second-order valence-electron chi connectivity index (χ2n) is 6.79. The van der Waals surface area contributed by atoms with Crippen LogP contribution >= 0.6 is 0 Å². The zero-order valence-electron chi connectivity index (χ0n) is 14.5. The minimum absolute atomic E-state index is 0.0544. The van der Waals surface area contributed by atoms with Crippen molar-refractivity contribution in [1.29, 1.82) is 0 Å². The first-order chi connectivity index (χ1) is 9.86. The fourth-order valence-electron chi connectivity index (χ4n) is 2.96. The first-order valence-corrected chi connectivity index (χ1v) is 7.99. The van der Waals surface area contributed by atoms with Gasteiger partial charge in [-0.1, -0.05) is 45.9 Å². The molecule has 1 rings (SSSR count). The van der Waals surface area contributed by atoms with Crippen LogP contribution in [0.25, 0.3) is 0 Å². The lowest BCUT2D eigenvalue weighted by Gasteiger charge is -2.37. The van der Waals surface area contributed by atoms with E-state index in [1.807, 2.05) is 12.1 Å². The molecule has 0 aliphatic rings. The van der Waals surface area contributed by atoms with Gasteiger partial charge in [0.1, 0.15) is 5.75 Å². The fraction of sp³-hybridized carbons (Fsp3) is 0.667. The molecule has 0 bridgehead atoms. The Morgan fingerprint density at radius 2 is 1.52 bits per heavy atom. The van der Waals surface area contributed by atoms with Crippen molar-refractivity contribution in [2.45, 2.75) is 46.7 Å². The van der Waals surface area contributed by atoms with Gasteiger partial charge in [-0.15, -0.1) is 0 Å². The average molecular weight is 292 g/mol. The summed E-state index contributed by atoms with van der Waals surface area (Å²) in [5, 5.41) is 0. The Kier molecular flexibility index (Phi) is 7.20. The van der Waals surface area contributed by atoms with E-state index in [0.717, 1.165) is 18.8 Å². The van der Waals surface area contributed by atoms with Crippen molar-refractivity contribution in [2.24, 2.45) is 17.6 Å². The SMILES string of the molecule is COc1ccccc1C(C(C)N)N(CC(C)C)CC(C)C. The number of methoxy groups -OCH3 is 1. The molecular formula is C18H32N2O. The third-order valence-corrected chi connectivity index (χ3v) is 3.55. The van der Waals surface area contributed by atoms with Crippen molar-refractivity contribution < 1.29 is 4.74 Å². The van der Waals surface area contributed by atoms with E-state index in [0.29, 0.717) is 11.8 Å². The lowest BCUT2D eigenvalue weighted by molar-refractivity contribution is 0.137. The normalized spacial score (nSPS) is 14.8. The number of ether oxygens (including phenoxy) is 1. The van der Waals surface area contributed by atoms with E-state index in [-0.39, 0.29) is 12.1 Å². The molecule has 1 aromatic carbocycles. The van der Waals surface area contributed by atoms with E-state index in [1.165, 1.54) is 5.56 Å². The number of rotatable bonds is 8. The average Bonchev–Trinajstić information content (AvgIpc) is 2.37. The third kappa shape index (κ3) is 5.33. The first-order valence-electron chi connectivity index (χ1n) is 7.99.